The fourth-order valence-corrected chi connectivity index (χ4v) is 1.45. The molecular weight excluding hydrogens is 176 g/mol. The van der Waals surface area contributed by atoms with E-state index >= 15 is 0 Å². The van der Waals surface area contributed by atoms with E-state index in [0.717, 1.165) is 17.1 Å². The summed E-state index contributed by atoms with van der Waals surface area (Å²) in [5, 5.41) is 4.34. The van der Waals surface area contributed by atoms with Crippen LogP contribution in [0.15, 0.2) is 24.5 Å². The number of pyridine rings is 1. The molecule has 0 fully saturated rings. The Kier molecular flexibility index (Phi) is 1.96. The number of nitrogen functional groups attached to an aromatic ring is 1. The van der Waals surface area contributed by atoms with Gasteiger partial charge in [0.05, 0.1) is 23.3 Å². The summed E-state index contributed by atoms with van der Waals surface area (Å²) in [4.78, 5) is 4.03. The Bertz CT molecular complexity index is 459. The van der Waals surface area contributed by atoms with E-state index in [0.29, 0.717) is 5.69 Å². The van der Waals surface area contributed by atoms with Crippen molar-refractivity contribution >= 4 is 5.69 Å². The van der Waals surface area contributed by atoms with Crippen molar-refractivity contribution in [2.24, 2.45) is 0 Å². The molecule has 0 saturated carbocycles. The molecule has 0 aliphatic rings. The van der Waals surface area contributed by atoms with Crippen molar-refractivity contribution in [1.29, 1.82) is 0 Å². The van der Waals surface area contributed by atoms with Crippen LogP contribution in [0.3, 0.4) is 0 Å². The molecule has 72 valence electrons. The number of nitrogens with zero attached hydrogens (tertiary/aromatic N) is 3. The highest BCUT2D eigenvalue weighted by atomic mass is 15.3. The second-order valence-corrected chi connectivity index (χ2v) is 3.32. The van der Waals surface area contributed by atoms with E-state index in [4.69, 9.17) is 5.73 Å². The van der Waals surface area contributed by atoms with Crippen molar-refractivity contribution in [1.82, 2.24) is 14.8 Å². The minimum Gasteiger partial charge on any atom is -0.397 e. The van der Waals surface area contributed by atoms with Gasteiger partial charge in [-0.2, -0.15) is 5.10 Å². The summed E-state index contributed by atoms with van der Waals surface area (Å²) in [6.07, 6.45) is 3.37. The monoisotopic (exact) mass is 188 g/mol. The first kappa shape index (κ1) is 8.74. The molecule has 0 aliphatic heterocycles. The van der Waals surface area contributed by atoms with Gasteiger partial charge in [0.1, 0.15) is 0 Å². The summed E-state index contributed by atoms with van der Waals surface area (Å²) in [5.41, 5.74) is 9.27. The topological polar surface area (TPSA) is 56.7 Å². The lowest BCUT2D eigenvalue weighted by atomic mass is 10.3. The van der Waals surface area contributed by atoms with Gasteiger partial charge in [-0.05, 0) is 26.0 Å². The highest BCUT2D eigenvalue weighted by Crippen LogP contribution is 2.12. The maximum absolute atomic E-state index is 5.65. The fraction of sp³-hybridized carbons (Fsp3) is 0.200. The van der Waals surface area contributed by atoms with E-state index in [2.05, 4.69) is 10.1 Å². The highest BCUT2D eigenvalue weighted by molar-refractivity contribution is 5.44. The Hall–Kier alpha value is -1.84. The van der Waals surface area contributed by atoms with Crippen LogP contribution in [0.2, 0.25) is 0 Å². The van der Waals surface area contributed by atoms with Crippen LogP contribution in [0.25, 0.3) is 5.69 Å². The summed E-state index contributed by atoms with van der Waals surface area (Å²) in [6.45, 7) is 3.96. The molecule has 4 nitrogen and oxygen atoms in total. The van der Waals surface area contributed by atoms with Gasteiger partial charge in [0.15, 0.2) is 0 Å². The van der Waals surface area contributed by atoms with Gasteiger partial charge in [0, 0.05) is 11.9 Å². The number of hydrogen-bond donors (Lipinski definition) is 1. The van der Waals surface area contributed by atoms with E-state index in [1.165, 1.54) is 0 Å². The molecule has 0 atom stereocenters. The summed E-state index contributed by atoms with van der Waals surface area (Å²) >= 11 is 0. The standard InChI is InChI=1S/C10H12N4/c1-7-3-8(2)14(13-7)10-4-9(11)5-12-6-10/h3-6H,11H2,1-2H3. The normalized spacial score (nSPS) is 10.4. The lowest BCUT2D eigenvalue weighted by molar-refractivity contribution is 0.829. The van der Waals surface area contributed by atoms with Crippen molar-refractivity contribution in [3.05, 3.63) is 35.9 Å². The second kappa shape index (κ2) is 3.14. The predicted molar refractivity (Wildman–Crippen MR) is 55.2 cm³/mol. The zero-order valence-corrected chi connectivity index (χ0v) is 8.23. The third-order valence-corrected chi connectivity index (χ3v) is 2.00. The summed E-state index contributed by atoms with van der Waals surface area (Å²) in [7, 11) is 0. The van der Waals surface area contributed by atoms with Crippen LogP contribution in [-0.2, 0) is 0 Å². The number of rotatable bonds is 1. The molecule has 4 heteroatoms. The van der Waals surface area contributed by atoms with E-state index in [-0.39, 0.29) is 0 Å². The molecule has 2 N–H and O–H groups in total. The Morgan fingerprint density at radius 3 is 2.57 bits per heavy atom. The molecule has 14 heavy (non-hydrogen) atoms. The Labute approximate surface area is 82.4 Å². The molecule has 0 spiro atoms. The van der Waals surface area contributed by atoms with Crippen LogP contribution in [0.1, 0.15) is 11.4 Å². The van der Waals surface area contributed by atoms with Crippen molar-refractivity contribution in [2.75, 3.05) is 5.73 Å². The Balaban J connectivity index is 2.54. The van der Waals surface area contributed by atoms with Crippen LogP contribution in [0.5, 0.6) is 0 Å². The van der Waals surface area contributed by atoms with Gasteiger partial charge >= 0.3 is 0 Å². The third kappa shape index (κ3) is 1.46. The molecule has 2 heterocycles. The first-order chi connectivity index (χ1) is 6.66. The summed E-state index contributed by atoms with van der Waals surface area (Å²) < 4.78 is 1.83. The van der Waals surface area contributed by atoms with Crippen molar-refractivity contribution in [3.63, 3.8) is 0 Å². The largest absolute Gasteiger partial charge is 0.397 e. The molecule has 0 bridgehead atoms. The summed E-state index contributed by atoms with van der Waals surface area (Å²) in [5.74, 6) is 0. The number of hydrogen-bond acceptors (Lipinski definition) is 3. The van der Waals surface area contributed by atoms with Crippen molar-refractivity contribution < 1.29 is 0 Å². The van der Waals surface area contributed by atoms with Crippen molar-refractivity contribution in [3.8, 4) is 5.69 Å². The maximum atomic E-state index is 5.65. The molecule has 0 radical (unpaired) electrons. The second-order valence-electron chi connectivity index (χ2n) is 3.32. The van der Waals surface area contributed by atoms with Crippen LogP contribution in [0, 0.1) is 13.8 Å². The zero-order valence-electron chi connectivity index (χ0n) is 8.23. The Morgan fingerprint density at radius 1 is 1.21 bits per heavy atom. The first-order valence-electron chi connectivity index (χ1n) is 4.41. The molecule has 2 aromatic rings. The quantitative estimate of drug-likeness (QED) is 0.737. The first-order valence-corrected chi connectivity index (χ1v) is 4.41. The summed E-state index contributed by atoms with van der Waals surface area (Å²) in [6, 6.07) is 3.87. The van der Waals surface area contributed by atoms with E-state index < -0.39 is 0 Å². The average molecular weight is 188 g/mol. The third-order valence-electron chi connectivity index (χ3n) is 2.00. The van der Waals surface area contributed by atoms with E-state index in [1.807, 2.05) is 30.7 Å². The molecule has 0 unspecified atom stereocenters. The van der Waals surface area contributed by atoms with Gasteiger partial charge in [-0.25, -0.2) is 4.68 Å². The number of nitrogens with two attached hydrogens (primary N) is 1. The molecule has 0 aliphatic carbocycles. The number of aromatic nitrogens is 3. The van der Waals surface area contributed by atoms with E-state index in [1.54, 1.807) is 12.4 Å². The van der Waals surface area contributed by atoms with Crippen LogP contribution >= 0.6 is 0 Å². The van der Waals surface area contributed by atoms with Gasteiger partial charge in [-0.15, -0.1) is 0 Å². The number of aryl methyl sites for hydroxylation is 2. The van der Waals surface area contributed by atoms with Crippen LogP contribution < -0.4 is 5.73 Å². The lowest BCUT2D eigenvalue weighted by Gasteiger charge is -2.03. The maximum Gasteiger partial charge on any atom is 0.0852 e. The van der Waals surface area contributed by atoms with Crippen molar-refractivity contribution in [2.45, 2.75) is 13.8 Å². The molecule has 0 aromatic carbocycles. The minimum absolute atomic E-state index is 0.648. The molecule has 2 rings (SSSR count). The molecule has 0 amide bonds. The Morgan fingerprint density at radius 2 is 2.00 bits per heavy atom. The predicted octanol–water partition coefficient (Wildman–Crippen LogP) is 1.47. The van der Waals surface area contributed by atoms with Gasteiger partial charge in [0.25, 0.3) is 0 Å². The zero-order chi connectivity index (χ0) is 10.1. The van der Waals surface area contributed by atoms with Gasteiger partial charge in [-0.1, -0.05) is 0 Å². The molecule has 2 aromatic heterocycles. The average Bonchev–Trinajstić information content (AvgIpc) is 2.45. The SMILES string of the molecule is Cc1cc(C)n(-c2cncc(N)c2)n1. The van der Waals surface area contributed by atoms with Crippen LogP contribution in [0.4, 0.5) is 5.69 Å². The van der Waals surface area contributed by atoms with Gasteiger partial charge in [-0.3, -0.25) is 4.98 Å². The number of anilines is 1. The van der Waals surface area contributed by atoms with Gasteiger partial charge in [0.2, 0.25) is 0 Å². The highest BCUT2D eigenvalue weighted by Gasteiger charge is 2.03. The minimum atomic E-state index is 0.648. The van der Waals surface area contributed by atoms with E-state index in [9.17, 15) is 0 Å². The smallest absolute Gasteiger partial charge is 0.0852 e. The molecular formula is C10H12N4. The van der Waals surface area contributed by atoms with Crippen LogP contribution in [-0.4, -0.2) is 14.8 Å². The fourth-order valence-electron chi connectivity index (χ4n) is 1.45. The lowest BCUT2D eigenvalue weighted by Crippen LogP contribution is -2.00. The molecule has 0 saturated heterocycles. The van der Waals surface area contributed by atoms with Gasteiger partial charge < -0.3 is 5.73 Å².